The number of piperazine rings is 1. The number of aryl methyl sites for hydroxylation is 1. The molecule has 30 heavy (non-hydrogen) atoms. The zero-order valence-corrected chi connectivity index (χ0v) is 17.6. The SMILES string of the molecule is CCc1ccccc1NC(=O)CN1CCN(C(=O)COc2ccccc2OC)CC1. The van der Waals surface area contributed by atoms with Crippen molar-refractivity contribution in [3.8, 4) is 11.5 Å². The summed E-state index contributed by atoms with van der Waals surface area (Å²) in [6.07, 6.45) is 0.869. The van der Waals surface area contributed by atoms with Gasteiger partial charge in [0.1, 0.15) is 0 Å². The summed E-state index contributed by atoms with van der Waals surface area (Å²) < 4.78 is 10.9. The van der Waals surface area contributed by atoms with Gasteiger partial charge in [-0.05, 0) is 30.2 Å². The predicted octanol–water partition coefficient (Wildman–Crippen LogP) is 2.42. The van der Waals surface area contributed by atoms with Crippen LogP contribution < -0.4 is 14.8 Å². The molecule has 1 saturated heterocycles. The number of hydrogen-bond donors (Lipinski definition) is 1. The molecule has 160 valence electrons. The summed E-state index contributed by atoms with van der Waals surface area (Å²) in [6, 6.07) is 15.1. The van der Waals surface area contributed by atoms with Gasteiger partial charge in [-0.25, -0.2) is 0 Å². The molecule has 7 nitrogen and oxygen atoms in total. The number of benzene rings is 2. The molecule has 1 fully saturated rings. The Hall–Kier alpha value is -3.06. The number of para-hydroxylation sites is 3. The maximum atomic E-state index is 12.5. The lowest BCUT2D eigenvalue weighted by molar-refractivity contribution is -0.135. The zero-order valence-electron chi connectivity index (χ0n) is 17.6. The first-order valence-electron chi connectivity index (χ1n) is 10.2. The van der Waals surface area contributed by atoms with Gasteiger partial charge in [-0.3, -0.25) is 14.5 Å². The molecule has 0 radical (unpaired) electrons. The van der Waals surface area contributed by atoms with Crippen molar-refractivity contribution in [3.05, 3.63) is 54.1 Å². The fourth-order valence-corrected chi connectivity index (χ4v) is 3.47. The minimum Gasteiger partial charge on any atom is -0.493 e. The van der Waals surface area contributed by atoms with E-state index < -0.39 is 0 Å². The van der Waals surface area contributed by atoms with E-state index in [4.69, 9.17) is 9.47 Å². The van der Waals surface area contributed by atoms with Crippen molar-refractivity contribution in [3.63, 3.8) is 0 Å². The molecule has 0 unspecified atom stereocenters. The Bertz CT molecular complexity index is 863. The molecule has 0 saturated carbocycles. The van der Waals surface area contributed by atoms with Crippen molar-refractivity contribution in [2.75, 3.05) is 51.8 Å². The fraction of sp³-hybridized carbons (Fsp3) is 0.391. The van der Waals surface area contributed by atoms with E-state index in [0.717, 1.165) is 17.7 Å². The van der Waals surface area contributed by atoms with Crippen LogP contribution in [-0.2, 0) is 16.0 Å². The molecule has 0 aromatic heterocycles. The van der Waals surface area contributed by atoms with Gasteiger partial charge in [0, 0.05) is 31.9 Å². The van der Waals surface area contributed by atoms with Crippen LogP contribution in [0.25, 0.3) is 0 Å². The van der Waals surface area contributed by atoms with Gasteiger partial charge in [0.05, 0.1) is 13.7 Å². The number of carbonyl (C=O) groups is 2. The second kappa shape index (κ2) is 10.6. The molecule has 0 aliphatic carbocycles. The second-order valence-electron chi connectivity index (χ2n) is 7.16. The van der Waals surface area contributed by atoms with E-state index in [-0.39, 0.29) is 18.4 Å². The van der Waals surface area contributed by atoms with Gasteiger partial charge in [0.25, 0.3) is 5.91 Å². The summed E-state index contributed by atoms with van der Waals surface area (Å²) in [4.78, 5) is 28.7. The van der Waals surface area contributed by atoms with E-state index >= 15 is 0 Å². The highest BCUT2D eigenvalue weighted by molar-refractivity contribution is 5.93. The summed E-state index contributed by atoms with van der Waals surface area (Å²) in [5, 5.41) is 3.00. The molecule has 0 bridgehead atoms. The van der Waals surface area contributed by atoms with Crippen LogP contribution in [0.1, 0.15) is 12.5 Å². The highest BCUT2D eigenvalue weighted by Gasteiger charge is 2.23. The maximum absolute atomic E-state index is 12.5. The first-order valence-corrected chi connectivity index (χ1v) is 10.2. The van der Waals surface area contributed by atoms with Gasteiger partial charge < -0.3 is 19.7 Å². The van der Waals surface area contributed by atoms with E-state index in [1.807, 2.05) is 36.4 Å². The Morgan fingerprint density at radius 1 is 0.967 bits per heavy atom. The van der Waals surface area contributed by atoms with Gasteiger partial charge in [-0.1, -0.05) is 37.3 Å². The van der Waals surface area contributed by atoms with E-state index in [2.05, 4.69) is 17.1 Å². The smallest absolute Gasteiger partial charge is 0.260 e. The number of amides is 2. The van der Waals surface area contributed by atoms with Crippen LogP contribution in [-0.4, -0.2) is 68.1 Å². The Labute approximate surface area is 177 Å². The second-order valence-corrected chi connectivity index (χ2v) is 7.16. The first-order chi connectivity index (χ1) is 14.6. The van der Waals surface area contributed by atoms with Gasteiger partial charge >= 0.3 is 0 Å². The number of rotatable bonds is 8. The van der Waals surface area contributed by atoms with E-state index in [1.54, 1.807) is 24.1 Å². The average molecular weight is 412 g/mol. The lowest BCUT2D eigenvalue weighted by Crippen LogP contribution is -2.51. The van der Waals surface area contributed by atoms with Gasteiger partial charge in [0.15, 0.2) is 18.1 Å². The highest BCUT2D eigenvalue weighted by Crippen LogP contribution is 2.25. The number of nitrogens with one attached hydrogen (secondary N) is 1. The molecule has 1 heterocycles. The maximum Gasteiger partial charge on any atom is 0.260 e. The normalized spacial score (nSPS) is 14.3. The summed E-state index contributed by atoms with van der Waals surface area (Å²) >= 11 is 0. The van der Waals surface area contributed by atoms with Crippen molar-refractivity contribution >= 4 is 17.5 Å². The first kappa shape index (κ1) is 21.6. The molecule has 7 heteroatoms. The molecule has 2 aromatic rings. The summed E-state index contributed by atoms with van der Waals surface area (Å²) in [7, 11) is 1.57. The van der Waals surface area contributed by atoms with E-state index in [1.165, 1.54) is 0 Å². The van der Waals surface area contributed by atoms with Crippen molar-refractivity contribution in [1.82, 2.24) is 9.80 Å². The largest absolute Gasteiger partial charge is 0.493 e. The number of methoxy groups -OCH3 is 1. The van der Waals surface area contributed by atoms with Crippen LogP contribution in [0.15, 0.2) is 48.5 Å². The molecule has 1 aliphatic heterocycles. The Morgan fingerprint density at radius 2 is 1.63 bits per heavy atom. The van der Waals surface area contributed by atoms with Gasteiger partial charge in [-0.2, -0.15) is 0 Å². The average Bonchev–Trinajstić information content (AvgIpc) is 2.78. The molecular weight excluding hydrogens is 382 g/mol. The lowest BCUT2D eigenvalue weighted by Gasteiger charge is -2.34. The van der Waals surface area contributed by atoms with E-state index in [0.29, 0.717) is 44.2 Å². The van der Waals surface area contributed by atoms with Crippen LogP contribution in [0.4, 0.5) is 5.69 Å². The minimum absolute atomic E-state index is 0.0322. The molecule has 1 N–H and O–H groups in total. The topological polar surface area (TPSA) is 71.1 Å². The number of carbonyl (C=O) groups excluding carboxylic acids is 2. The quantitative estimate of drug-likeness (QED) is 0.722. The monoisotopic (exact) mass is 411 g/mol. The van der Waals surface area contributed by atoms with Crippen LogP contribution in [0.3, 0.4) is 0 Å². The number of anilines is 1. The fourth-order valence-electron chi connectivity index (χ4n) is 3.47. The Kier molecular flexibility index (Phi) is 7.68. The minimum atomic E-state index is -0.0677. The third-order valence-corrected chi connectivity index (χ3v) is 5.18. The predicted molar refractivity (Wildman–Crippen MR) is 116 cm³/mol. The Balaban J connectivity index is 1.43. The van der Waals surface area contributed by atoms with Crippen molar-refractivity contribution in [2.24, 2.45) is 0 Å². The standard InChI is InChI=1S/C23H29N3O4/c1-3-18-8-4-5-9-19(18)24-22(27)16-25-12-14-26(15-13-25)23(28)17-30-21-11-7-6-10-20(21)29-2/h4-11H,3,12-17H2,1-2H3,(H,24,27). The van der Waals surface area contributed by atoms with Crippen LogP contribution in [0, 0.1) is 0 Å². The molecule has 1 aliphatic rings. The van der Waals surface area contributed by atoms with Crippen LogP contribution >= 0.6 is 0 Å². The zero-order chi connectivity index (χ0) is 21.3. The third kappa shape index (κ3) is 5.73. The molecule has 0 spiro atoms. The summed E-state index contributed by atoms with van der Waals surface area (Å²) in [5.41, 5.74) is 1.99. The van der Waals surface area contributed by atoms with Crippen molar-refractivity contribution in [2.45, 2.75) is 13.3 Å². The molecular formula is C23H29N3O4. The van der Waals surface area contributed by atoms with Crippen LogP contribution in [0.5, 0.6) is 11.5 Å². The summed E-state index contributed by atoms with van der Waals surface area (Å²) in [6.45, 7) is 4.82. The third-order valence-electron chi connectivity index (χ3n) is 5.18. The highest BCUT2D eigenvalue weighted by atomic mass is 16.5. The van der Waals surface area contributed by atoms with Crippen LogP contribution in [0.2, 0.25) is 0 Å². The molecule has 0 atom stereocenters. The molecule has 3 rings (SSSR count). The van der Waals surface area contributed by atoms with Gasteiger partial charge in [-0.15, -0.1) is 0 Å². The molecule has 2 amide bonds. The molecule has 2 aromatic carbocycles. The van der Waals surface area contributed by atoms with E-state index in [9.17, 15) is 9.59 Å². The van der Waals surface area contributed by atoms with Gasteiger partial charge in [0.2, 0.25) is 5.91 Å². The lowest BCUT2D eigenvalue weighted by atomic mass is 10.1. The number of hydrogen-bond acceptors (Lipinski definition) is 5. The summed E-state index contributed by atoms with van der Waals surface area (Å²) in [5.74, 6) is 1.05. The number of nitrogens with zero attached hydrogens (tertiary/aromatic N) is 2. The van der Waals surface area contributed by atoms with Crippen molar-refractivity contribution < 1.29 is 19.1 Å². The number of ether oxygens (including phenoxy) is 2. The Morgan fingerprint density at radius 3 is 2.33 bits per heavy atom. The van der Waals surface area contributed by atoms with Crippen molar-refractivity contribution in [1.29, 1.82) is 0 Å².